The fourth-order valence-electron chi connectivity index (χ4n) is 1.75. The van der Waals surface area contributed by atoms with Gasteiger partial charge in [0.15, 0.2) is 0 Å². The van der Waals surface area contributed by atoms with Crippen LogP contribution in [-0.4, -0.2) is 30.3 Å². The summed E-state index contributed by atoms with van der Waals surface area (Å²) in [4.78, 5) is 11.0. The molecule has 0 unspecified atom stereocenters. The number of carbonyl (C=O) groups is 1. The lowest BCUT2D eigenvalue weighted by Gasteiger charge is -2.30. The number of aliphatic carboxylic acids is 1. The van der Waals surface area contributed by atoms with Gasteiger partial charge in [-0.1, -0.05) is 30.3 Å². The molecule has 1 aromatic carbocycles. The van der Waals surface area contributed by atoms with Crippen molar-refractivity contribution in [2.45, 2.75) is 12.1 Å². The molecular formula is C11H13NO3. The highest BCUT2D eigenvalue weighted by atomic mass is 16.5. The Bertz CT molecular complexity index is 339. The molecule has 1 heterocycles. The second-order valence-electron chi connectivity index (χ2n) is 3.47. The van der Waals surface area contributed by atoms with Gasteiger partial charge >= 0.3 is 5.97 Å². The number of nitrogens with one attached hydrogen (secondary N) is 1. The summed E-state index contributed by atoms with van der Waals surface area (Å²) in [6.07, 6.45) is -0.391. The number of carboxylic acid groups (broad SMARTS) is 1. The van der Waals surface area contributed by atoms with E-state index in [1.54, 1.807) is 0 Å². The van der Waals surface area contributed by atoms with Gasteiger partial charge in [0.25, 0.3) is 0 Å². The number of hydrogen-bond donors (Lipinski definition) is 2. The maximum Gasteiger partial charge on any atom is 0.323 e. The van der Waals surface area contributed by atoms with Crippen LogP contribution in [0.5, 0.6) is 0 Å². The van der Waals surface area contributed by atoms with Crippen LogP contribution in [0.25, 0.3) is 0 Å². The quantitative estimate of drug-likeness (QED) is 0.753. The van der Waals surface area contributed by atoms with Gasteiger partial charge < -0.3 is 9.84 Å². The van der Waals surface area contributed by atoms with Crippen LogP contribution in [0.15, 0.2) is 30.3 Å². The van der Waals surface area contributed by atoms with Gasteiger partial charge in [-0.3, -0.25) is 10.1 Å². The molecule has 1 aliphatic rings. The summed E-state index contributed by atoms with van der Waals surface area (Å²) in [7, 11) is 0. The monoisotopic (exact) mass is 207 g/mol. The Morgan fingerprint density at radius 1 is 1.40 bits per heavy atom. The number of ether oxygens (including phenoxy) is 1. The summed E-state index contributed by atoms with van der Waals surface area (Å²) in [5, 5.41) is 12.0. The molecule has 0 bridgehead atoms. The summed E-state index contributed by atoms with van der Waals surface area (Å²) in [6, 6.07) is 8.77. The van der Waals surface area contributed by atoms with Gasteiger partial charge in [-0.05, 0) is 5.56 Å². The van der Waals surface area contributed by atoms with Crippen LogP contribution in [-0.2, 0) is 9.53 Å². The van der Waals surface area contributed by atoms with Crippen molar-refractivity contribution in [3.05, 3.63) is 35.9 Å². The molecule has 2 rings (SSSR count). The highest BCUT2D eigenvalue weighted by Gasteiger charge is 2.32. The molecule has 4 nitrogen and oxygen atoms in total. The first-order valence-corrected chi connectivity index (χ1v) is 4.92. The lowest BCUT2D eigenvalue weighted by molar-refractivity contribution is -0.146. The molecule has 0 radical (unpaired) electrons. The molecule has 2 atom stereocenters. The fraction of sp³-hybridized carbons (Fsp3) is 0.364. The maximum atomic E-state index is 11.0. The first kappa shape index (κ1) is 10.1. The third-order valence-electron chi connectivity index (χ3n) is 2.46. The van der Waals surface area contributed by atoms with E-state index in [9.17, 15) is 4.79 Å². The van der Waals surface area contributed by atoms with Gasteiger partial charge in [-0.15, -0.1) is 0 Å². The molecule has 80 valence electrons. The lowest BCUT2D eigenvalue weighted by atomic mass is 10.0. The highest BCUT2D eigenvalue weighted by Crippen LogP contribution is 2.23. The zero-order valence-electron chi connectivity index (χ0n) is 8.22. The van der Waals surface area contributed by atoms with Gasteiger partial charge in [-0.25, -0.2) is 0 Å². The summed E-state index contributed by atoms with van der Waals surface area (Å²) in [6.45, 7) is 1.13. The van der Waals surface area contributed by atoms with Gasteiger partial charge in [0, 0.05) is 6.54 Å². The molecule has 2 N–H and O–H groups in total. The molecule has 15 heavy (non-hydrogen) atoms. The fourth-order valence-corrected chi connectivity index (χ4v) is 1.75. The van der Waals surface area contributed by atoms with E-state index >= 15 is 0 Å². The van der Waals surface area contributed by atoms with Crippen molar-refractivity contribution in [1.82, 2.24) is 5.32 Å². The number of morpholine rings is 1. The van der Waals surface area contributed by atoms with Gasteiger partial charge in [0.05, 0.1) is 6.61 Å². The maximum absolute atomic E-state index is 11.0. The van der Waals surface area contributed by atoms with Gasteiger partial charge in [-0.2, -0.15) is 0 Å². The minimum atomic E-state index is -0.872. The molecule has 0 saturated carbocycles. The standard InChI is InChI=1S/C11H13NO3/c13-11(14)9-10(15-7-6-12-9)8-4-2-1-3-5-8/h1-5,9-10,12H,6-7H2,(H,13,14)/t9-,10+/m0/s1. The average Bonchev–Trinajstić information content (AvgIpc) is 2.30. The molecular weight excluding hydrogens is 194 g/mol. The van der Waals surface area contributed by atoms with E-state index in [-0.39, 0.29) is 0 Å². The Balaban J connectivity index is 2.22. The third kappa shape index (κ3) is 2.16. The molecule has 1 aliphatic heterocycles. The smallest absolute Gasteiger partial charge is 0.323 e. The van der Waals surface area contributed by atoms with E-state index in [4.69, 9.17) is 9.84 Å². The Morgan fingerprint density at radius 2 is 2.13 bits per heavy atom. The molecule has 0 amide bonds. The van der Waals surface area contributed by atoms with Crippen molar-refractivity contribution in [3.63, 3.8) is 0 Å². The van der Waals surface area contributed by atoms with Crippen LogP contribution in [0, 0.1) is 0 Å². The summed E-state index contributed by atoms with van der Waals surface area (Å²) in [5.74, 6) is -0.872. The topological polar surface area (TPSA) is 58.6 Å². The Kier molecular flexibility index (Phi) is 2.99. The predicted octanol–water partition coefficient (Wildman–Crippen LogP) is 0.801. The highest BCUT2D eigenvalue weighted by molar-refractivity contribution is 5.74. The lowest BCUT2D eigenvalue weighted by Crippen LogP contribution is -2.48. The second kappa shape index (κ2) is 4.42. The Labute approximate surface area is 87.9 Å². The van der Waals surface area contributed by atoms with Gasteiger partial charge in [0.2, 0.25) is 0 Å². The number of benzene rings is 1. The molecule has 0 aliphatic carbocycles. The summed E-state index contributed by atoms with van der Waals surface area (Å²) >= 11 is 0. The van der Waals surface area contributed by atoms with Crippen molar-refractivity contribution in [2.75, 3.05) is 13.2 Å². The van der Waals surface area contributed by atoms with E-state index in [0.717, 1.165) is 5.56 Å². The average molecular weight is 207 g/mol. The third-order valence-corrected chi connectivity index (χ3v) is 2.46. The minimum Gasteiger partial charge on any atom is -0.480 e. The first-order chi connectivity index (χ1) is 7.29. The molecule has 1 saturated heterocycles. The molecule has 0 aromatic heterocycles. The van der Waals surface area contributed by atoms with Crippen molar-refractivity contribution in [3.8, 4) is 0 Å². The van der Waals surface area contributed by atoms with Crippen molar-refractivity contribution >= 4 is 5.97 Å². The van der Waals surface area contributed by atoms with Crippen LogP contribution in [0.3, 0.4) is 0 Å². The molecule has 1 fully saturated rings. The normalized spacial score (nSPS) is 26.1. The van der Waals surface area contributed by atoms with Crippen LogP contribution < -0.4 is 5.32 Å². The van der Waals surface area contributed by atoms with Crippen molar-refractivity contribution < 1.29 is 14.6 Å². The zero-order chi connectivity index (χ0) is 10.7. The van der Waals surface area contributed by atoms with E-state index in [1.807, 2.05) is 30.3 Å². The largest absolute Gasteiger partial charge is 0.480 e. The van der Waals surface area contributed by atoms with E-state index in [0.29, 0.717) is 13.2 Å². The minimum absolute atomic E-state index is 0.391. The van der Waals surface area contributed by atoms with Crippen LogP contribution in [0.2, 0.25) is 0 Å². The summed E-state index contributed by atoms with van der Waals surface area (Å²) in [5.41, 5.74) is 0.900. The molecule has 4 heteroatoms. The first-order valence-electron chi connectivity index (χ1n) is 4.92. The van der Waals surface area contributed by atoms with E-state index in [1.165, 1.54) is 0 Å². The SMILES string of the molecule is O=C(O)[C@H]1NCCO[C@@H]1c1ccccc1. The van der Waals surface area contributed by atoms with Crippen LogP contribution >= 0.6 is 0 Å². The Hall–Kier alpha value is -1.39. The Morgan fingerprint density at radius 3 is 2.80 bits per heavy atom. The van der Waals surface area contributed by atoms with Crippen LogP contribution in [0.4, 0.5) is 0 Å². The zero-order valence-corrected chi connectivity index (χ0v) is 8.22. The number of carboxylic acids is 1. The van der Waals surface area contributed by atoms with Crippen molar-refractivity contribution in [1.29, 1.82) is 0 Å². The van der Waals surface area contributed by atoms with E-state index < -0.39 is 18.1 Å². The molecule has 1 aromatic rings. The molecule has 0 spiro atoms. The van der Waals surface area contributed by atoms with E-state index in [2.05, 4.69) is 5.32 Å². The second-order valence-corrected chi connectivity index (χ2v) is 3.47. The van der Waals surface area contributed by atoms with Crippen molar-refractivity contribution in [2.24, 2.45) is 0 Å². The number of rotatable bonds is 2. The summed E-state index contributed by atoms with van der Waals surface area (Å²) < 4.78 is 5.49. The number of hydrogen-bond acceptors (Lipinski definition) is 3. The van der Waals surface area contributed by atoms with Crippen LogP contribution in [0.1, 0.15) is 11.7 Å². The van der Waals surface area contributed by atoms with Gasteiger partial charge in [0.1, 0.15) is 12.1 Å². The predicted molar refractivity (Wildman–Crippen MR) is 54.6 cm³/mol.